The largest absolute Gasteiger partial charge is 0.455 e. The van der Waals surface area contributed by atoms with Crippen molar-refractivity contribution in [2.24, 2.45) is 0 Å². The summed E-state index contributed by atoms with van der Waals surface area (Å²) >= 11 is 0. The lowest BCUT2D eigenvalue weighted by Gasteiger charge is -2.12. The maximum Gasteiger partial charge on any atom is 0.338 e. The van der Waals surface area contributed by atoms with Gasteiger partial charge in [0.05, 0.1) is 11.3 Å². The average molecular weight is 432 g/mol. The van der Waals surface area contributed by atoms with Gasteiger partial charge in [-0.3, -0.25) is 9.59 Å². The molecule has 0 atom stereocenters. The summed E-state index contributed by atoms with van der Waals surface area (Å²) < 4.78 is 11.0. The number of aryl methyl sites for hydroxylation is 1. The van der Waals surface area contributed by atoms with Crippen LogP contribution in [0.15, 0.2) is 72.8 Å². The van der Waals surface area contributed by atoms with Crippen molar-refractivity contribution in [2.45, 2.75) is 20.4 Å². The highest BCUT2D eigenvalue weighted by Crippen LogP contribution is 2.29. The Morgan fingerprint density at radius 3 is 2.25 bits per heavy atom. The van der Waals surface area contributed by atoms with Crippen molar-refractivity contribution in [3.8, 4) is 11.5 Å². The van der Waals surface area contributed by atoms with E-state index in [-0.39, 0.29) is 5.91 Å². The molecule has 7 nitrogen and oxygen atoms in total. The molecule has 0 fully saturated rings. The fourth-order valence-corrected chi connectivity index (χ4v) is 2.78. The quantitative estimate of drug-likeness (QED) is 0.520. The van der Waals surface area contributed by atoms with Gasteiger partial charge < -0.3 is 20.1 Å². The molecule has 0 aromatic heterocycles. The number of carbonyl (C=O) groups is 3. The number of para-hydroxylation sites is 2. The Bertz CT molecular complexity index is 1090. The van der Waals surface area contributed by atoms with Crippen molar-refractivity contribution in [3.63, 3.8) is 0 Å². The van der Waals surface area contributed by atoms with Crippen molar-refractivity contribution in [1.82, 2.24) is 5.32 Å². The Morgan fingerprint density at radius 2 is 1.56 bits per heavy atom. The SMILES string of the molecule is CC(=O)NCc1ccc(C(=O)OCC(=O)Nc2ccccc2Oc2ccc(C)cc2)cc1. The molecule has 3 aromatic carbocycles. The Kier molecular flexibility index (Phi) is 7.59. The van der Waals surface area contributed by atoms with Crippen molar-refractivity contribution in [3.05, 3.63) is 89.5 Å². The van der Waals surface area contributed by atoms with E-state index in [0.29, 0.717) is 29.3 Å². The zero-order valence-corrected chi connectivity index (χ0v) is 17.9. The minimum Gasteiger partial charge on any atom is -0.455 e. The molecule has 0 unspecified atom stereocenters. The van der Waals surface area contributed by atoms with Crippen LogP contribution in [0.1, 0.15) is 28.4 Å². The first-order valence-corrected chi connectivity index (χ1v) is 10.0. The molecule has 3 rings (SSSR count). The number of anilines is 1. The zero-order valence-electron chi connectivity index (χ0n) is 17.9. The molecule has 32 heavy (non-hydrogen) atoms. The lowest BCUT2D eigenvalue weighted by molar-refractivity contribution is -0.119. The summed E-state index contributed by atoms with van der Waals surface area (Å²) in [5, 5.41) is 5.38. The highest BCUT2D eigenvalue weighted by atomic mass is 16.5. The number of rotatable bonds is 8. The molecular formula is C25H24N2O5. The smallest absolute Gasteiger partial charge is 0.338 e. The molecule has 0 aliphatic heterocycles. The normalized spacial score (nSPS) is 10.2. The molecule has 0 spiro atoms. The van der Waals surface area contributed by atoms with E-state index in [1.165, 1.54) is 6.92 Å². The third-order valence-corrected chi connectivity index (χ3v) is 4.48. The minimum atomic E-state index is -0.615. The van der Waals surface area contributed by atoms with Crippen LogP contribution in [0.3, 0.4) is 0 Å². The van der Waals surface area contributed by atoms with Crippen LogP contribution < -0.4 is 15.4 Å². The second-order valence-corrected chi connectivity index (χ2v) is 7.14. The minimum absolute atomic E-state index is 0.134. The van der Waals surface area contributed by atoms with E-state index in [0.717, 1.165) is 11.1 Å². The summed E-state index contributed by atoms with van der Waals surface area (Å²) in [6, 6.07) is 21.2. The van der Waals surface area contributed by atoms with Crippen molar-refractivity contribution in [1.29, 1.82) is 0 Å². The van der Waals surface area contributed by atoms with E-state index in [9.17, 15) is 14.4 Å². The van der Waals surface area contributed by atoms with Gasteiger partial charge >= 0.3 is 5.97 Å². The van der Waals surface area contributed by atoms with E-state index in [1.54, 1.807) is 48.5 Å². The van der Waals surface area contributed by atoms with Crippen LogP contribution in [-0.4, -0.2) is 24.4 Å². The van der Waals surface area contributed by atoms with Gasteiger partial charge in [0.1, 0.15) is 5.75 Å². The number of esters is 1. The first-order chi connectivity index (χ1) is 15.4. The van der Waals surface area contributed by atoms with Crippen LogP contribution in [-0.2, 0) is 20.9 Å². The fraction of sp³-hybridized carbons (Fsp3) is 0.160. The van der Waals surface area contributed by atoms with Crippen LogP contribution in [0.4, 0.5) is 5.69 Å². The van der Waals surface area contributed by atoms with Gasteiger partial charge in [0.25, 0.3) is 5.91 Å². The number of ether oxygens (including phenoxy) is 2. The lowest BCUT2D eigenvalue weighted by Crippen LogP contribution is -2.21. The number of hydrogen-bond donors (Lipinski definition) is 2. The second-order valence-electron chi connectivity index (χ2n) is 7.14. The van der Waals surface area contributed by atoms with Crippen molar-refractivity contribution in [2.75, 3.05) is 11.9 Å². The van der Waals surface area contributed by atoms with E-state index in [2.05, 4.69) is 10.6 Å². The first kappa shape index (κ1) is 22.6. The number of benzene rings is 3. The Balaban J connectivity index is 1.54. The second kappa shape index (κ2) is 10.8. The van der Waals surface area contributed by atoms with Gasteiger partial charge in [0, 0.05) is 13.5 Å². The first-order valence-electron chi connectivity index (χ1n) is 10.0. The molecule has 0 bridgehead atoms. The van der Waals surface area contributed by atoms with E-state index in [1.807, 2.05) is 31.2 Å². The van der Waals surface area contributed by atoms with E-state index >= 15 is 0 Å². The summed E-state index contributed by atoms with van der Waals surface area (Å²) in [4.78, 5) is 35.5. The van der Waals surface area contributed by atoms with Crippen LogP contribution in [0.5, 0.6) is 11.5 Å². The molecule has 164 valence electrons. The van der Waals surface area contributed by atoms with Gasteiger partial charge in [-0.15, -0.1) is 0 Å². The highest BCUT2D eigenvalue weighted by molar-refractivity contribution is 5.96. The molecule has 2 N–H and O–H groups in total. The number of hydrogen-bond acceptors (Lipinski definition) is 5. The number of carbonyl (C=O) groups excluding carboxylic acids is 3. The van der Waals surface area contributed by atoms with E-state index in [4.69, 9.17) is 9.47 Å². The summed E-state index contributed by atoms with van der Waals surface area (Å²) in [6.07, 6.45) is 0. The third-order valence-electron chi connectivity index (χ3n) is 4.48. The topological polar surface area (TPSA) is 93.7 Å². The van der Waals surface area contributed by atoms with Crippen LogP contribution in [0.25, 0.3) is 0 Å². The molecule has 0 saturated carbocycles. The van der Waals surface area contributed by atoms with Crippen molar-refractivity contribution < 1.29 is 23.9 Å². The van der Waals surface area contributed by atoms with Gasteiger partial charge in [-0.05, 0) is 48.9 Å². The third kappa shape index (κ3) is 6.70. The fourth-order valence-electron chi connectivity index (χ4n) is 2.78. The van der Waals surface area contributed by atoms with Crippen LogP contribution in [0, 0.1) is 6.92 Å². The summed E-state index contributed by atoms with van der Waals surface area (Å²) in [6.45, 7) is 3.35. The Labute approximate surface area is 186 Å². The molecule has 0 saturated heterocycles. The Morgan fingerprint density at radius 1 is 0.875 bits per heavy atom. The van der Waals surface area contributed by atoms with Gasteiger partial charge in [-0.25, -0.2) is 4.79 Å². The molecule has 7 heteroatoms. The van der Waals surface area contributed by atoms with E-state index < -0.39 is 18.5 Å². The molecular weight excluding hydrogens is 408 g/mol. The molecule has 0 aliphatic rings. The predicted octanol–water partition coefficient (Wildman–Crippen LogP) is 4.22. The molecule has 0 aliphatic carbocycles. The molecule has 0 heterocycles. The molecule has 0 radical (unpaired) electrons. The number of nitrogens with one attached hydrogen (secondary N) is 2. The maximum atomic E-state index is 12.3. The summed E-state index contributed by atoms with van der Waals surface area (Å²) in [5.41, 5.74) is 2.74. The molecule has 3 aromatic rings. The number of amides is 2. The van der Waals surface area contributed by atoms with Gasteiger partial charge in [0.15, 0.2) is 12.4 Å². The van der Waals surface area contributed by atoms with Crippen LogP contribution in [0.2, 0.25) is 0 Å². The average Bonchev–Trinajstić information content (AvgIpc) is 2.79. The van der Waals surface area contributed by atoms with Gasteiger partial charge in [-0.1, -0.05) is 42.0 Å². The van der Waals surface area contributed by atoms with Gasteiger partial charge in [-0.2, -0.15) is 0 Å². The monoisotopic (exact) mass is 432 g/mol. The summed E-state index contributed by atoms with van der Waals surface area (Å²) in [7, 11) is 0. The zero-order chi connectivity index (χ0) is 22.9. The Hall–Kier alpha value is -4.13. The van der Waals surface area contributed by atoms with Crippen molar-refractivity contribution >= 4 is 23.5 Å². The lowest BCUT2D eigenvalue weighted by atomic mass is 10.1. The van der Waals surface area contributed by atoms with Gasteiger partial charge in [0.2, 0.25) is 5.91 Å². The summed E-state index contributed by atoms with van der Waals surface area (Å²) in [5.74, 6) is -0.113. The standard InChI is InChI=1S/C25H24N2O5/c1-17-7-13-21(14-8-17)32-23-6-4-3-5-22(23)27-24(29)16-31-25(30)20-11-9-19(10-12-20)15-26-18(2)28/h3-14H,15-16H2,1-2H3,(H,26,28)(H,27,29). The molecule has 2 amide bonds. The van der Waals surface area contributed by atoms with Crippen LogP contribution >= 0.6 is 0 Å². The predicted molar refractivity (Wildman–Crippen MR) is 121 cm³/mol. The highest BCUT2D eigenvalue weighted by Gasteiger charge is 2.13. The maximum absolute atomic E-state index is 12.3.